The topological polar surface area (TPSA) is 51.4 Å². The van der Waals surface area contributed by atoms with Gasteiger partial charge in [0.25, 0.3) is 0 Å². The molecule has 4 nitrogen and oxygen atoms in total. The van der Waals surface area contributed by atoms with E-state index in [0.29, 0.717) is 6.54 Å². The van der Waals surface area contributed by atoms with Crippen LogP contribution < -0.4 is 10.6 Å². The maximum absolute atomic E-state index is 5.57. The first kappa shape index (κ1) is 11.9. The Kier molecular flexibility index (Phi) is 5.07. The summed E-state index contributed by atoms with van der Waals surface area (Å²) in [5.41, 5.74) is 6.67. The standard InChI is InChI=1S/C11H19N3O/c1-3-15-7-6-14(2)11-8-10(9-12)4-5-13-11/h4-5,8H,3,6-7,9,12H2,1-2H3. The van der Waals surface area contributed by atoms with Crippen molar-refractivity contribution in [3.8, 4) is 0 Å². The molecule has 0 aliphatic carbocycles. The number of ether oxygens (including phenoxy) is 1. The van der Waals surface area contributed by atoms with Gasteiger partial charge < -0.3 is 15.4 Å². The zero-order chi connectivity index (χ0) is 11.1. The molecule has 0 radical (unpaired) electrons. The van der Waals surface area contributed by atoms with E-state index in [0.717, 1.165) is 31.1 Å². The Morgan fingerprint density at radius 1 is 1.53 bits per heavy atom. The summed E-state index contributed by atoms with van der Waals surface area (Å²) in [4.78, 5) is 6.35. The molecule has 1 rings (SSSR count). The number of hydrogen-bond donors (Lipinski definition) is 1. The van der Waals surface area contributed by atoms with Gasteiger partial charge in [-0.05, 0) is 24.6 Å². The average molecular weight is 209 g/mol. The molecule has 84 valence electrons. The molecule has 1 aromatic rings. The van der Waals surface area contributed by atoms with Crippen molar-refractivity contribution in [1.29, 1.82) is 0 Å². The van der Waals surface area contributed by atoms with Crippen LogP contribution in [0.4, 0.5) is 5.82 Å². The van der Waals surface area contributed by atoms with Crippen LogP contribution in [0.1, 0.15) is 12.5 Å². The van der Waals surface area contributed by atoms with E-state index < -0.39 is 0 Å². The zero-order valence-corrected chi connectivity index (χ0v) is 9.44. The number of pyridine rings is 1. The predicted octanol–water partition coefficient (Wildman–Crippen LogP) is 1.01. The summed E-state index contributed by atoms with van der Waals surface area (Å²) in [6.45, 7) is 4.86. The number of aromatic nitrogens is 1. The molecule has 0 aromatic carbocycles. The molecule has 0 saturated heterocycles. The third kappa shape index (κ3) is 3.85. The largest absolute Gasteiger partial charge is 0.380 e. The van der Waals surface area contributed by atoms with Crippen LogP contribution >= 0.6 is 0 Å². The molecular weight excluding hydrogens is 190 g/mol. The van der Waals surface area contributed by atoms with Crippen molar-refractivity contribution < 1.29 is 4.74 Å². The van der Waals surface area contributed by atoms with Crippen molar-refractivity contribution in [3.05, 3.63) is 23.9 Å². The number of anilines is 1. The average Bonchev–Trinajstić information content (AvgIpc) is 2.29. The van der Waals surface area contributed by atoms with Gasteiger partial charge in [0.2, 0.25) is 0 Å². The van der Waals surface area contributed by atoms with Gasteiger partial charge >= 0.3 is 0 Å². The van der Waals surface area contributed by atoms with E-state index in [1.165, 1.54) is 0 Å². The minimum atomic E-state index is 0.550. The van der Waals surface area contributed by atoms with E-state index in [9.17, 15) is 0 Å². The minimum Gasteiger partial charge on any atom is -0.380 e. The highest BCUT2D eigenvalue weighted by atomic mass is 16.5. The molecule has 0 atom stereocenters. The number of likely N-dealkylation sites (N-methyl/N-ethyl adjacent to an activating group) is 1. The van der Waals surface area contributed by atoms with E-state index in [2.05, 4.69) is 9.88 Å². The normalized spacial score (nSPS) is 10.3. The summed E-state index contributed by atoms with van der Waals surface area (Å²) in [6, 6.07) is 3.94. The zero-order valence-electron chi connectivity index (χ0n) is 9.44. The van der Waals surface area contributed by atoms with E-state index in [4.69, 9.17) is 10.5 Å². The first-order valence-corrected chi connectivity index (χ1v) is 5.21. The molecule has 0 aliphatic rings. The Labute approximate surface area is 91.1 Å². The van der Waals surface area contributed by atoms with Gasteiger partial charge in [-0.3, -0.25) is 0 Å². The van der Waals surface area contributed by atoms with Crippen molar-refractivity contribution in [2.24, 2.45) is 5.73 Å². The van der Waals surface area contributed by atoms with E-state index in [1.54, 1.807) is 6.20 Å². The van der Waals surface area contributed by atoms with Crippen LogP contribution in [-0.4, -0.2) is 31.8 Å². The summed E-state index contributed by atoms with van der Waals surface area (Å²) in [5, 5.41) is 0. The van der Waals surface area contributed by atoms with Gasteiger partial charge in [-0.15, -0.1) is 0 Å². The molecule has 15 heavy (non-hydrogen) atoms. The van der Waals surface area contributed by atoms with Crippen LogP contribution in [0.2, 0.25) is 0 Å². The van der Waals surface area contributed by atoms with Gasteiger partial charge in [-0.25, -0.2) is 4.98 Å². The van der Waals surface area contributed by atoms with Crippen LogP contribution in [-0.2, 0) is 11.3 Å². The Bertz CT molecular complexity index is 291. The third-order valence-corrected chi connectivity index (χ3v) is 2.21. The molecule has 0 unspecified atom stereocenters. The molecule has 1 aromatic heterocycles. The first-order valence-electron chi connectivity index (χ1n) is 5.21. The van der Waals surface area contributed by atoms with E-state index in [1.807, 2.05) is 26.1 Å². The lowest BCUT2D eigenvalue weighted by atomic mass is 10.2. The number of nitrogens with zero attached hydrogens (tertiary/aromatic N) is 2. The lowest BCUT2D eigenvalue weighted by Crippen LogP contribution is -2.23. The molecule has 0 saturated carbocycles. The lowest BCUT2D eigenvalue weighted by Gasteiger charge is -2.18. The van der Waals surface area contributed by atoms with Crippen molar-refractivity contribution in [2.75, 3.05) is 31.7 Å². The Morgan fingerprint density at radius 2 is 2.33 bits per heavy atom. The van der Waals surface area contributed by atoms with Crippen molar-refractivity contribution in [3.63, 3.8) is 0 Å². The monoisotopic (exact) mass is 209 g/mol. The minimum absolute atomic E-state index is 0.550. The number of hydrogen-bond acceptors (Lipinski definition) is 4. The van der Waals surface area contributed by atoms with Gasteiger partial charge in [-0.2, -0.15) is 0 Å². The second-order valence-electron chi connectivity index (χ2n) is 3.34. The lowest BCUT2D eigenvalue weighted by molar-refractivity contribution is 0.154. The smallest absolute Gasteiger partial charge is 0.128 e. The predicted molar refractivity (Wildman–Crippen MR) is 61.9 cm³/mol. The summed E-state index contributed by atoms with van der Waals surface area (Å²) in [6.07, 6.45) is 1.79. The van der Waals surface area contributed by atoms with E-state index in [-0.39, 0.29) is 0 Å². The second kappa shape index (κ2) is 6.37. The maximum Gasteiger partial charge on any atom is 0.128 e. The molecular formula is C11H19N3O. The van der Waals surface area contributed by atoms with Gasteiger partial charge in [0.1, 0.15) is 5.82 Å². The molecule has 0 bridgehead atoms. The van der Waals surface area contributed by atoms with Crippen LogP contribution in [0.15, 0.2) is 18.3 Å². The summed E-state index contributed by atoms with van der Waals surface area (Å²) >= 11 is 0. The van der Waals surface area contributed by atoms with Crippen LogP contribution in [0.5, 0.6) is 0 Å². The SMILES string of the molecule is CCOCCN(C)c1cc(CN)ccn1. The Balaban J connectivity index is 2.52. The molecule has 2 N–H and O–H groups in total. The highest BCUT2D eigenvalue weighted by molar-refractivity contribution is 5.39. The summed E-state index contributed by atoms with van der Waals surface area (Å²) in [7, 11) is 2.00. The third-order valence-electron chi connectivity index (χ3n) is 2.21. The van der Waals surface area contributed by atoms with Crippen molar-refractivity contribution in [2.45, 2.75) is 13.5 Å². The van der Waals surface area contributed by atoms with Crippen LogP contribution in [0.3, 0.4) is 0 Å². The highest BCUT2D eigenvalue weighted by Gasteiger charge is 2.02. The summed E-state index contributed by atoms with van der Waals surface area (Å²) in [5.74, 6) is 0.942. The van der Waals surface area contributed by atoms with Crippen LogP contribution in [0, 0.1) is 0 Å². The fourth-order valence-electron chi connectivity index (χ4n) is 1.26. The van der Waals surface area contributed by atoms with Gasteiger partial charge in [0, 0.05) is 32.9 Å². The maximum atomic E-state index is 5.57. The molecule has 0 amide bonds. The molecule has 0 spiro atoms. The second-order valence-corrected chi connectivity index (χ2v) is 3.34. The van der Waals surface area contributed by atoms with Gasteiger partial charge in [0.05, 0.1) is 6.61 Å². The quantitative estimate of drug-likeness (QED) is 0.710. The Morgan fingerprint density at radius 3 is 3.00 bits per heavy atom. The molecule has 0 fully saturated rings. The fourth-order valence-corrected chi connectivity index (χ4v) is 1.26. The molecule has 0 aliphatic heterocycles. The summed E-state index contributed by atoms with van der Waals surface area (Å²) < 4.78 is 5.29. The van der Waals surface area contributed by atoms with Crippen molar-refractivity contribution in [1.82, 2.24) is 4.98 Å². The number of nitrogens with two attached hydrogens (primary N) is 1. The van der Waals surface area contributed by atoms with Gasteiger partial charge in [-0.1, -0.05) is 0 Å². The van der Waals surface area contributed by atoms with Gasteiger partial charge in [0.15, 0.2) is 0 Å². The first-order chi connectivity index (χ1) is 7.27. The highest BCUT2D eigenvalue weighted by Crippen LogP contribution is 2.10. The number of rotatable bonds is 6. The Hall–Kier alpha value is -1.13. The molecule has 4 heteroatoms. The molecule has 1 heterocycles. The van der Waals surface area contributed by atoms with Crippen LogP contribution in [0.25, 0.3) is 0 Å². The fraction of sp³-hybridized carbons (Fsp3) is 0.545. The van der Waals surface area contributed by atoms with Crippen molar-refractivity contribution >= 4 is 5.82 Å². The van der Waals surface area contributed by atoms with E-state index >= 15 is 0 Å².